The lowest BCUT2D eigenvalue weighted by Crippen LogP contribution is -2.33. The second-order valence-electron chi connectivity index (χ2n) is 4.12. The van der Waals surface area contributed by atoms with E-state index in [2.05, 4.69) is 30.7 Å². The molecule has 1 heterocycles. The standard InChI is InChI=1S/C12H20N2O2S/c1-4-6-7-14(9(3)5-2)12-13-10(8-17-12)11(15)16/h8-9H,4-7H2,1-3H3,(H,15,16). The number of hydrogen-bond donors (Lipinski definition) is 1. The van der Waals surface area contributed by atoms with Crippen molar-refractivity contribution in [2.24, 2.45) is 0 Å². The molecule has 0 radical (unpaired) electrons. The molecule has 0 saturated heterocycles. The SMILES string of the molecule is CCCCN(c1nc(C(=O)O)cs1)C(C)CC. The van der Waals surface area contributed by atoms with Crippen LogP contribution in [0.15, 0.2) is 5.38 Å². The van der Waals surface area contributed by atoms with E-state index < -0.39 is 5.97 Å². The molecule has 96 valence electrons. The van der Waals surface area contributed by atoms with Gasteiger partial charge >= 0.3 is 5.97 Å². The molecule has 4 nitrogen and oxygen atoms in total. The molecule has 17 heavy (non-hydrogen) atoms. The van der Waals surface area contributed by atoms with E-state index in [9.17, 15) is 4.79 Å². The quantitative estimate of drug-likeness (QED) is 0.813. The number of aromatic nitrogens is 1. The minimum absolute atomic E-state index is 0.148. The highest BCUT2D eigenvalue weighted by atomic mass is 32.1. The van der Waals surface area contributed by atoms with Gasteiger partial charge in [-0.1, -0.05) is 20.3 Å². The highest BCUT2D eigenvalue weighted by molar-refractivity contribution is 7.13. The second-order valence-corrected chi connectivity index (χ2v) is 4.96. The molecule has 5 heteroatoms. The van der Waals surface area contributed by atoms with Crippen molar-refractivity contribution in [3.8, 4) is 0 Å². The second kappa shape index (κ2) is 6.59. The van der Waals surface area contributed by atoms with E-state index in [-0.39, 0.29) is 5.69 Å². The molecule has 0 bridgehead atoms. The molecule has 1 aromatic rings. The zero-order valence-corrected chi connectivity index (χ0v) is 11.5. The van der Waals surface area contributed by atoms with Gasteiger partial charge in [0.25, 0.3) is 0 Å². The summed E-state index contributed by atoms with van der Waals surface area (Å²) in [6.07, 6.45) is 3.27. The maximum absolute atomic E-state index is 10.8. The van der Waals surface area contributed by atoms with Crippen molar-refractivity contribution >= 4 is 22.4 Å². The van der Waals surface area contributed by atoms with Crippen LogP contribution in [0.5, 0.6) is 0 Å². The number of carbonyl (C=O) groups is 1. The topological polar surface area (TPSA) is 53.4 Å². The van der Waals surface area contributed by atoms with Gasteiger partial charge in [0.05, 0.1) is 0 Å². The number of unbranched alkanes of at least 4 members (excludes halogenated alkanes) is 1. The Labute approximate surface area is 106 Å². The van der Waals surface area contributed by atoms with Gasteiger partial charge in [-0.25, -0.2) is 9.78 Å². The summed E-state index contributed by atoms with van der Waals surface area (Å²) in [5.74, 6) is -0.952. The molecule has 0 aliphatic rings. The van der Waals surface area contributed by atoms with Gasteiger partial charge in [-0.15, -0.1) is 11.3 Å². The van der Waals surface area contributed by atoms with Crippen molar-refractivity contribution in [1.82, 2.24) is 4.98 Å². The van der Waals surface area contributed by atoms with Crippen LogP contribution in [-0.2, 0) is 0 Å². The molecule has 0 saturated carbocycles. The van der Waals surface area contributed by atoms with Gasteiger partial charge in [0.1, 0.15) is 0 Å². The number of aromatic carboxylic acids is 1. The van der Waals surface area contributed by atoms with Crippen LogP contribution in [0, 0.1) is 0 Å². The van der Waals surface area contributed by atoms with Gasteiger partial charge in [-0.2, -0.15) is 0 Å². The Bertz CT molecular complexity index is 365. The highest BCUT2D eigenvalue weighted by Crippen LogP contribution is 2.24. The summed E-state index contributed by atoms with van der Waals surface area (Å²) in [6, 6.07) is 0.398. The van der Waals surface area contributed by atoms with E-state index in [0.717, 1.165) is 30.9 Å². The average molecular weight is 256 g/mol. The minimum atomic E-state index is -0.952. The molecule has 1 rings (SSSR count). The van der Waals surface area contributed by atoms with Gasteiger partial charge in [-0.3, -0.25) is 0 Å². The molecule has 0 aliphatic carbocycles. The number of nitrogens with zero attached hydrogens (tertiary/aromatic N) is 2. The van der Waals surface area contributed by atoms with Crippen LogP contribution in [0.4, 0.5) is 5.13 Å². The molecule has 0 aliphatic heterocycles. The molecule has 1 atom stereocenters. The highest BCUT2D eigenvalue weighted by Gasteiger charge is 2.17. The van der Waals surface area contributed by atoms with E-state index in [1.807, 2.05) is 0 Å². The first-order valence-corrected chi connectivity index (χ1v) is 6.93. The molecular weight excluding hydrogens is 236 g/mol. The molecule has 1 unspecified atom stereocenters. The summed E-state index contributed by atoms with van der Waals surface area (Å²) < 4.78 is 0. The zero-order chi connectivity index (χ0) is 12.8. The van der Waals surface area contributed by atoms with Crippen molar-refractivity contribution < 1.29 is 9.90 Å². The number of rotatable bonds is 7. The van der Waals surface area contributed by atoms with Crippen LogP contribution in [0.3, 0.4) is 0 Å². The Morgan fingerprint density at radius 1 is 1.59 bits per heavy atom. The molecule has 1 aromatic heterocycles. The molecule has 0 spiro atoms. The zero-order valence-electron chi connectivity index (χ0n) is 10.6. The number of carboxylic acid groups (broad SMARTS) is 1. The Balaban J connectivity index is 2.83. The van der Waals surface area contributed by atoms with Gasteiger partial charge in [-0.05, 0) is 19.8 Å². The van der Waals surface area contributed by atoms with E-state index in [4.69, 9.17) is 5.11 Å². The Morgan fingerprint density at radius 2 is 2.29 bits per heavy atom. The first kappa shape index (κ1) is 14.0. The van der Waals surface area contributed by atoms with Crippen LogP contribution >= 0.6 is 11.3 Å². The predicted octanol–water partition coefficient (Wildman–Crippen LogP) is 3.25. The normalized spacial score (nSPS) is 12.4. The van der Waals surface area contributed by atoms with Gasteiger partial charge in [0.2, 0.25) is 0 Å². The molecule has 0 aromatic carbocycles. The van der Waals surface area contributed by atoms with Gasteiger partial charge in [0, 0.05) is 18.0 Å². The largest absolute Gasteiger partial charge is 0.476 e. The predicted molar refractivity (Wildman–Crippen MR) is 71.1 cm³/mol. The lowest BCUT2D eigenvalue weighted by Gasteiger charge is -2.27. The lowest BCUT2D eigenvalue weighted by atomic mass is 10.2. The van der Waals surface area contributed by atoms with Crippen LogP contribution in [0.1, 0.15) is 50.5 Å². The molecule has 0 fully saturated rings. The molecular formula is C12H20N2O2S. The fourth-order valence-corrected chi connectivity index (χ4v) is 2.48. The van der Waals surface area contributed by atoms with Crippen molar-refractivity contribution in [1.29, 1.82) is 0 Å². The van der Waals surface area contributed by atoms with Gasteiger partial charge < -0.3 is 10.0 Å². The van der Waals surface area contributed by atoms with E-state index in [1.54, 1.807) is 5.38 Å². The Hall–Kier alpha value is -1.10. The maximum Gasteiger partial charge on any atom is 0.355 e. The van der Waals surface area contributed by atoms with Gasteiger partial charge in [0.15, 0.2) is 10.8 Å². The van der Waals surface area contributed by atoms with Crippen molar-refractivity contribution in [3.63, 3.8) is 0 Å². The Kier molecular flexibility index (Phi) is 5.41. The first-order valence-electron chi connectivity index (χ1n) is 6.05. The summed E-state index contributed by atoms with van der Waals surface area (Å²) in [6.45, 7) is 7.38. The summed E-state index contributed by atoms with van der Waals surface area (Å²) in [4.78, 5) is 17.2. The average Bonchev–Trinajstić information content (AvgIpc) is 2.78. The van der Waals surface area contributed by atoms with Crippen molar-refractivity contribution in [3.05, 3.63) is 11.1 Å². The van der Waals surface area contributed by atoms with E-state index in [1.165, 1.54) is 11.3 Å². The Morgan fingerprint density at radius 3 is 2.76 bits per heavy atom. The fraction of sp³-hybridized carbons (Fsp3) is 0.667. The third-order valence-electron chi connectivity index (χ3n) is 2.83. The van der Waals surface area contributed by atoms with Crippen LogP contribution < -0.4 is 4.90 Å². The molecule has 1 N–H and O–H groups in total. The number of anilines is 1. The van der Waals surface area contributed by atoms with Crippen molar-refractivity contribution in [2.75, 3.05) is 11.4 Å². The smallest absolute Gasteiger partial charge is 0.355 e. The monoisotopic (exact) mass is 256 g/mol. The fourth-order valence-electron chi connectivity index (χ4n) is 1.55. The molecule has 0 amide bonds. The lowest BCUT2D eigenvalue weighted by molar-refractivity contribution is 0.0691. The van der Waals surface area contributed by atoms with E-state index >= 15 is 0 Å². The summed E-state index contributed by atoms with van der Waals surface area (Å²) in [5, 5.41) is 11.3. The minimum Gasteiger partial charge on any atom is -0.476 e. The van der Waals surface area contributed by atoms with Crippen molar-refractivity contribution in [2.45, 2.75) is 46.1 Å². The number of thiazole rings is 1. The first-order chi connectivity index (χ1) is 8.10. The number of hydrogen-bond acceptors (Lipinski definition) is 4. The third-order valence-corrected chi connectivity index (χ3v) is 3.71. The van der Waals surface area contributed by atoms with Crippen LogP contribution in [-0.4, -0.2) is 28.6 Å². The summed E-state index contributed by atoms with van der Waals surface area (Å²) in [5.41, 5.74) is 0.148. The number of carboxylic acids is 1. The van der Waals surface area contributed by atoms with Crippen LogP contribution in [0.2, 0.25) is 0 Å². The van der Waals surface area contributed by atoms with E-state index in [0.29, 0.717) is 6.04 Å². The summed E-state index contributed by atoms with van der Waals surface area (Å²) >= 11 is 1.41. The third kappa shape index (κ3) is 3.70. The van der Waals surface area contributed by atoms with Crippen LogP contribution in [0.25, 0.3) is 0 Å². The maximum atomic E-state index is 10.8. The summed E-state index contributed by atoms with van der Waals surface area (Å²) in [7, 11) is 0.